The van der Waals surface area contributed by atoms with Crippen LogP contribution in [0.25, 0.3) is 0 Å². The minimum Gasteiger partial charge on any atom is -0.103 e. The molecule has 0 amide bonds. The fourth-order valence-electron chi connectivity index (χ4n) is 4.26. The summed E-state index contributed by atoms with van der Waals surface area (Å²) in [7, 11) is 0. The van der Waals surface area contributed by atoms with Crippen molar-refractivity contribution in [1.29, 1.82) is 0 Å². The number of hydrogen-bond donors (Lipinski definition) is 0. The third-order valence-corrected chi connectivity index (χ3v) is 6.13. The lowest BCUT2D eigenvalue weighted by molar-refractivity contribution is 0.312. The van der Waals surface area contributed by atoms with Gasteiger partial charge < -0.3 is 0 Å². The zero-order valence-corrected chi connectivity index (χ0v) is 17.4. The number of hydrogen-bond acceptors (Lipinski definition) is 0. The molecule has 0 radical (unpaired) electrons. The summed E-state index contributed by atoms with van der Waals surface area (Å²) in [5, 5.41) is 0. The van der Waals surface area contributed by atoms with Gasteiger partial charge in [0.2, 0.25) is 0 Å². The molecule has 0 aliphatic heterocycles. The van der Waals surface area contributed by atoms with E-state index in [2.05, 4.69) is 80.0 Å². The van der Waals surface area contributed by atoms with Gasteiger partial charge in [-0.05, 0) is 98.6 Å². The third kappa shape index (κ3) is 6.13. The fraction of sp³-hybridized carbons (Fsp3) is 0.429. The van der Waals surface area contributed by atoms with Gasteiger partial charge >= 0.3 is 0 Å². The van der Waals surface area contributed by atoms with Crippen LogP contribution in [-0.4, -0.2) is 0 Å². The predicted octanol–water partition coefficient (Wildman–Crippen LogP) is 7.67. The molecule has 0 bridgehead atoms. The molecule has 1 aliphatic carbocycles. The van der Waals surface area contributed by atoms with E-state index in [0.29, 0.717) is 0 Å². The van der Waals surface area contributed by atoms with Gasteiger partial charge in [-0.2, -0.15) is 0 Å². The summed E-state index contributed by atoms with van der Waals surface area (Å²) in [6, 6.07) is 17.7. The van der Waals surface area contributed by atoms with Crippen LogP contribution in [0.3, 0.4) is 0 Å². The van der Waals surface area contributed by atoms with Crippen molar-refractivity contribution in [2.75, 3.05) is 0 Å². The molecule has 146 valence electrons. The average molecular weight is 371 g/mol. The maximum absolute atomic E-state index is 3.85. The summed E-state index contributed by atoms with van der Waals surface area (Å²) in [5.41, 5.74) is 5.12. The highest BCUT2D eigenvalue weighted by Crippen LogP contribution is 2.37. The van der Waals surface area contributed by atoms with Crippen LogP contribution in [0.5, 0.6) is 0 Å². The van der Waals surface area contributed by atoms with Gasteiger partial charge in [0, 0.05) is 11.1 Å². The normalized spacial score (nSPS) is 18.9. The van der Waals surface area contributed by atoms with Crippen molar-refractivity contribution >= 4 is 0 Å². The Morgan fingerprint density at radius 1 is 0.893 bits per heavy atom. The van der Waals surface area contributed by atoms with Crippen molar-refractivity contribution < 1.29 is 0 Å². The first-order valence-corrected chi connectivity index (χ1v) is 11.1. The molecule has 0 heterocycles. The topological polar surface area (TPSA) is 0 Å². The van der Waals surface area contributed by atoms with Crippen LogP contribution in [-0.2, 0) is 6.42 Å². The summed E-state index contributed by atoms with van der Waals surface area (Å²) in [4.78, 5) is 0. The molecule has 0 saturated heterocycles. The molecule has 1 fully saturated rings. The highest BCUT2D eigenvalue weighted by molar-refractivity contribution is 5.44. The van der Waals surface area contributed by atoms with E-state index < -0.39 is 0 Å². The maximum Gasteiger partial charge on any atom is 0.0249 e. The number of unbranched alkanes of at least 4 members (excludes halogenated alkanes) is 1. The molecule has 0 N–H and O–H groups in total. The van der Waals surface area contributed by atoms with Crippen molar-refractivity contribution in [3.63, 3.8) is 0 Å². The van der Waals surface area contributed by atoms with Gasteiger partial charge in [0.1, 0.15) is 0 Å². The Morgan fingerprint density at radius 2 is 1.50 bits per heavy atom. The zero-order chi connectivity index (χ0) is 19.6. The molecule has 2 aromatic rings. The van der Waals surface area contributed by atoms with Gasteiger partial charge in [0.25, 0.3) is 0 Å². The first-order chi connectivity index (χ1) is 13.8. The van der Waals surface area contributed by atoms with Gasteiger partial charge in [-0.3, -0.25) is 0 Å². The molecule has 0 nitrogen and oxygen atoms in total. The van der Waals surface area contributed by atoms with E-state index >= 15 is 0 Å². The first kappa shape index (κ1) is 20.5. The van der Waals surface area contributed by atoms with E-state index in [1.165, 1.54) is 68.9 Å². The molecule has 1 saturated carbocycles. The predicted molar refractivity (Wildman–Crippen MR) is 122 cm³/mol. The minimum absolute atomic E-state index is 0.734. The highest BCUT2D eigenvalue weighted by atomic mass is 14.3. The molecule has 2 aromatic carbocycles. The van der Waals surface area contributed by atoms with Gasteiger partial charge in [-0.15, -0.1) is 6.58 Å². The van der Waals surface area contributed by atoms with Crippen molar-refractivity contribution in [3.8, 4) is 11.8 Å². The molecule has 3 rings (SSSR count). The fourth-order valence-corrected chi connectivity index (χ4v) is 4.26. The zero-order valence-electron chi connectivity index (χ0n) is 17.4. The van der Waals surface area contributed by atoms with Crippen LogP contribution in [0, 0.1) is 17.8 Å². The van der Waals surface area contributed by atoms with Crippen LogP contribution in [0.2, 0.25) is 0 Å². The van der Waals surface area contributed by atoms with Gasteiger partial charge in [-0.25, -0.2) is 0 Å². The molecule has 1 aliphatic rings. The van der Waals surface area contributed by atoms with Crippen molar-refractivity contribution in [1.82, 2.24) is 0 Å². The Kier molecular flexibility index (Phi) is 7.98. The first-order valence-electron chi connectivity index (χ1n) is 11.1. The monoisotopic (exact) mass is 370 g/mol. The Balaban J connectivity index is 1.54. The minimum atomic E-state index is 0.734. The Bertz CT molecular complexity index is 775. The molecule has 0 spiro atoms. The largest absolute Gasteiger partial charge is 0.103 e. The lowest BCUT2D eigenvalue weighted by Crippen LogP contribution is -2.13. The van der Waals surface area contributed by atoms with Crippen molar-refractivity contribution in [2.24, 2.45) is 5.92 Å². The summed E-state index contributed by atoms with van der Waals surface area (Å²) in [6.45, 7) is 6.09. The molecular formula is C28H34. The molecular weight excluding hydrogens is 336 g/mol. The number of aryl methyl sites for hydroxylation is 1. The Morgan fingerprint density at radius 3 is 2.07 bits per heavy atom. The molecule has 0 aromatic heterocycles. The summed E-state index contributed by atoms with van der Waals surface area (Å²) in [5.74, 6) is 8.28. The molecule has 0 heteroatoms. The Hall–Kier alpha value is -2.26. The standard InChI is InChI=1S/C28H34/c1-3-5-7-23-9-11-25(12-10-23)13-14-26-17-21-28(22-18-26)27-19-15-24(16-20-27)8-6-4-2/h4,9-12,17-18,21-22,24,27H,2-3,5-8,15-16,19-20H2,1H3/t24-,27-. The van der Waals surface area contributed by atoms with Crippen molar-refractivity contribution in [2.45, 2.75) is 70.6 Å². The maximum atomic E-state index is 3.85. The number of rotatable bonds is 7. The van der Waals surface area contributed by atoms with E-state index in [1.54, 1.807) is 0 Å². The van der Waals surface area contributed by atoms with E-state index in [4.69, 9.17) is 0 Å². The van der Waals surface area contributed by atoms with Crippen LogP contribution < -0.4 is 0 Å². The SMILES string of the molecule is C=CCC[C@H]1CC[C@H](c2ccc(C#Cc3ccc(CCCC)cc3)cc2)CC1. The van der Waals surface area contributed by atoms with Crippen LogP contribution >= 0.6 is 0 Å². The summed E-state index contributed by atoms with van der Waals surface area (Å²) < 4.78 is 0. The van der Waals surface area contributed by atoms with Crippen LogP contribution in [0.1, 0.15) is 86.5 Å². The van der Waals surface area contributed by atoms with E-state index in [1.807, 2.05) is 0 Å². The van der Waals surface area contributed by atoms with Crippen LogP contribution in [0.4, 0.5) is 0 Å². The molecule has 28 heavy (non-hydrogen) atoms. The highest BCUT2D eigenvalue weighted by Gasteiger charge is 2.21. The second kappa shape index (κ2) is 10.9. The smallest absolute Gasteiger partial charge is 0.0249 e. The third-order valence-electron chi connectivity index (χ3n) is 6.13. The van der Waals surface area contributed by atoms with Gasteiger partial charge in [0.05, 0.1) is 0 Å². The van der Waals surface area contributed by atoms with E-state index in [0.717, 1.165) is 23.0 Å². The quantitative estimate of drug-likeness (QED) is 0.346. The average Bonchev–Trinajstić information content (AvgIpc) is 2.76. The number of allylic oxidation sites excluding steroid dienone is 1. The van der Waals surface area contributed by atoms with Crippen molar-refractivity contribution in [3.05, 3.63) is 83.4 Å². The summed E-state index contributed by atoms with van der Waals surface area (Å²) >= 11 is 0. The van der Waals surface area contributed by atoms with Crippen LogP contribution in [0.15, 0.2) is 61.2 Å². The lowest BCUT2D eigenvalue weighted by atomic mass is 9.77. The van der Waals surface area contributed by atoms with Gasteiger partial charge in [0.15, 0.2) is 0 Å². The molecule has 0 unspecified atom stereocenters. The Labute approximate surface area is 172 Å². The lowest BCUT2D eigenvalue weighted by Gasteiger charge is -2.28. The molecule has 0 atom stereocenters. The summed E-state index contributed by atoms with van der Waals surface area (Å²) in [6.07, 6.45) is 13.6. The van der Waals surface area contributed by atoms with Gasteiger partial charge in [-0.1, -0.05) is 55.5 Å². The second-order valence-electron chi connectivity index (χ2n) is 8.26. The van der Waals surface area contributed by atoms with E-state index in [-0.39, 0.29) is 0 Å². The number of benzene rings is 2. The van der Waals surface area contributed by atoms with E-state index in [9.17, 15) is 0 Å². The second-order valence-corrected chi connectivity index (χ2v) is 8.26.